The van der Waals surface area contributed by atoms with Crippen molar-refractivity contribution in [2.24, 2.45) is 0 Å². The Bertz CT molecular complexity index is 1020. The van der Waals surface area contributed by atoms with E-state index < -0.39 is 12.5 Å². The SMILES string of the molecule is COc1ccc(NC(=O)c2cccc(OCc3c(C)noc3C)c2)cc1OC(F)F. The Morgan fingerprint density at radius 1 is 1.17 bits per heavy atom. The summed E-state index contributed by atoms with van der Waals surface area (Å²) in [7, 11) is 1.33. The first-order chi connectivity index (χ1) is 14.4. The summed E-state index contributed by atoms with van der Waals surface area (Å²) in [6, 6.07) is 10.8. The van der Waals surface area contributed by atoms with Crippen LogP contribution in [0.15, 0.2) is 47.0 Å². The Labute approximate surface area is 171 Å². The van der Waals surface area contributed by atoms with E-state index in [0.29, 0.717) is 17.1 Å². The minimum Gasteiger partial charge on any atom is -0.493 e. The second-order valence-electron chi connectivity index (χ2n) is 6.32. The van der Waals surface area contributed by atoms with Gasteiger partial charge in [0, 0.05) is 17.3 Å². The number of carbonyl (C=O) groups excluding carboxylic acids is 1. The highest BCUT2D eigenvalue weighted by Gasteiger charge is 2.14. The van der Waals surface area contributed by atoms with Gasteiger partial charge in [0.2, 0.25) is 0 Å². The van der Waals surface area contributed by atoms with Crippen LogP contribution in [0.25, 0.3) is 0 Å². The molecule has 0 aliphatic carbocycles. The number of carbonyl (C=O) groups is 1. The summed E-state index contributed by atoms with van der Waals surface area (Å²) in [5.41, 5.74) is 2.19. The largest absolute Gasteiger partial charge is 0.493 e. The highest BCUT2D eigenvalue weighted by atomic mass is 19.3. The zero-order valence-corrected chi connectivity index (χ0v) is 16.6. The second kappa shape index (κ2) is 9.25. The van der Waals surface area contributed by atoms with Gasteiger partial charge < -0.3 is 24.1 Å². The molecule has 9 heteroatoms. The molecule has 0 saturated carbocycles. The summed E-state index contributed by atoms with van der Waals surface area (Å²) in [5.74, 6) is 0.664. The molecule has 3 aromatic rings. The predicted molar refractivity (Wildman–Crippen MR) is 104 cm³/mol. The van der Waals surface area contributed by atoms with Crippen LogP contribution in [0, 0.1) is 13.8 Å². The van der Waals surface area contributed by atoms with Crippen LogP contribution in [-0.4, -0.2) is 24.8 Å². The van der Waals surface area contributed by atoms with Crippen LogP contribution < -0.4 is 19.5 Å². The quantitative estimate of drug-likeness (QED) is 0.569. The molecule has 1 N–H and O–H groups in total. The Balaban J connectivity index is 1.71. The molecule has 2 aromatic carbocycles. The molecule has 158 valence electrons. The number of anilines is 1. The van der Waals surface area contributed by atoms with E-state index in [4.69, 9.17) is 14.0 Å². The molecule has 30 heavy (non-hydrogen) atoms. The predicted octanol–water partition coefficient (Wildman–Crippen LogP) is 4.73. The van der Waals surface area contributed by atoms with Gasteiger partial charge in [0.05, 0.1) is 18.4 Å². The number of aryl methyl sites for hydroxylation is 2. The van der Waals surface area contributed by atoms with Gasteiger partial charge in [-0.25, -0.2) is 0 Å². The van der Waals surface area contributed by atoms with Gasteiger partial charge in [-0.15, -0.1) is 0 Å². The van der Waals surface area contributed by atoms with E-state index in [-0.39, 0.29) is 23.8 Å². The summed E-state index contributed by atoms with van der Waals surface area (Å²) in [6.07, 6.45) is 0. The van der Waals surface area contributed by atoms with Gasteiger partial charge in [-0.1, -0.05) is 11.2 Å². The van der Waals surface area contributed by atoms with Crippen LogP contribution in [0.3, 0.4) is 0 Å². The molecule has 0 saturated heterocycles. The fourth-order valence-corrected chi connectivity index (χ4v) is 2.74. The maximum absolute atomic E-state index is 12.6. The van der Waals surface area contributed by atoms with Crippen molar-refractivity contribution >= 4 is 11.6 Å². The number of hydrogen-bond acceptors (Lipinski definition) is 6. The Morgan fingerprint density at radius 3 is 2.63 bits per heavy atom. The van der Waals surface area contributed by atoms with E-state index >= 15 is 0 Å². The van der Waals surface area contributed by atoms with E-state index in [1.165, 1.54) is 25.3 Å². The number of nitrogens with one attached hydrogen (secondary N) is 1. The molecule has 0 aliphatic heterocycles. The van der Waals surface area contributed by atoms with Crippen LogP contribution in [0.4, 0.5) is 14.5 Å². The molecule has 0 aliphatic rings. The van der Waals surface area contributed by atoms with Gasteiger partial charge in [-0.05, 0) is 44.2 Å². The first-order valence-electron chi connectivity index (χ1n) is 8.96. The van der Waals surface area contributed by atoms with Crippen LogP contribution >= 0.6 is 0 Å². The fraction of sp³-hybridized carbons (Fsp3) is 0.238. The number of halogens is 2. The smallest absolute Gasteiger partial charge is 0.387 e. The number of aromatic nitrogens is 1. The summed E-state index contributed by atoms with van der Waals surface area (Å²) in [5, 5.41) is 6.51. The molecular formula is C21H20F2N2O5. The molecular weight excluding hydrogens is 398 g/mol. The maximum atomic E-state index is 12.6. The number of benzene rings is 2. The number of nitrogens with zero attached hydrogens (tertiary/aromatic N) is 1. The van der Waals surface area contributed by atoms with Gasteiger partial charge in [-0.3, -0.25) is 4.79 Å². The monoisotopic (exact) mass is 418 g/mol. The van der Waals surface area contributed by atoms with Gasteiger partial charge in [-0.2, -0.15) is 8.78 Å². The summed E-state index contributed by atoms with van der Waals surface area (Å²) < 4.78 is 45.4. The van der Waals surface area contributed by atoms with E-state index in [9.17, 15) is 13.6 Å². The topological polar surface area (TPSA) is 82.8 Å². The Morgan fingerprint density at radius 2 is 1.97 bits per heavy atom. The number of hydrogen-bond donors (Lipinski definition) is 1. The normalized spacial score (nSPS) is 10.7. The molecule has 0 atom stereocenters. The van der Waals surface area contributed by atoms with Crippen LogP contribution in [0.5, 0.6) is 17.2 Å². The lowest BCUT2D eigenvalue weighted by Crippen LogP contribution is -2.12. The molecule has 1 amide bonds. The van der Waals surface area contributed by atoms with Crippen molar-refractivity contribution in [3.63, 3.8) is 0 Å². The summed E-state index contributed by atoms with van der Waals surface area (Å²) >= 11 is 0. The van der Waals surface area contributed by atoms with Gasteiger partial charge >= 0.3 is 6.61 Å². The van der Waals surface area contributed by atoms with Crippen molar-refractivity contribution in [1.82, 2.24) is 5.16 Å². The minimum absolute atomic E-state index is 0.128. The average Bonchev–Trinajstić information content (AvgIpc) is 3.04. The third-order valence-electron chi connectivity index (χ3n) is 4.30. The summed E-state index contributed by atoms with van der Waals surface area (Å²) in [4.78, 5) is 12.6. The number of alkyl halides is 2. The molecule has 3 rings (SSSR count). The number of rotatable bonds is 8. The molecule has 1 heterocycles. The molecule has 0 spiro atoms. The van der Waals surface area contributed by atoms with E-state index in [1.54, 1.807) is 31.2 Å². The Hall–Kier alpha value is -3.62. The third kappa shape index (κ3) is 5.05. The van der Waals surface area contributed by atoms with Crippen molar-refractivity contribution in [2.75, 3.05) is 12.4 Å². The lowest BCUT2D eigenvalue weighted by Gasteiger charge is -2.12. The van der Waals surface area contributed by atoms with Crippen LogP contribution in [0.2, 0.25) is 0 Å². The second-order valence-corrected chi connectivity index (χ2v) is 6.32. The van der Waals surface area contributed by atoms with Crippen molar-refractivity contribution < 1.29 is 32.3 Å². The van der Waals surface area contributed by atoms with Crippen LogP contribution in [0.1, 0.15) is 27.4 Å². The van der Waals surface area contributed by atoms with E-state index in [1.807, 2.05) is 6.92 Å². The first-order valence-corrected chi connectivity index (χ1v) is 8.96. The van der Waals surface area contributed by atoms with Crippen molar-refractivity contribution in [3.05, 3.63) is 65.0 Å². The van der Waals surface area contributed by atoms with Gasteiger partial charge in [0.1, 0.15) is 18.1 Å². The lowest BCUT2D eigenvalue weighted by molar-refractivity contribution is -0.0511. The average molecular weight is 418 g/mol. The molecule has 7 nitrogen and oxygen atoms in total. The standard InChI is InChI=1S/C21H20F2N2O5/c1-12-17(13(2)30-25-12)11-28-16-6-4-5-14(9-16)20(26)24-15-7-8-18(27-3)19(10-15)29-21(22)23/h4-10,21H,11H2,1-3H3,(H,24,26). The first kappa shape index (κ1) is 21.1. The Kier molecular flexibility index (Phi) is 6.51. The number of methoxy groups -OCH3 is 1. The van der Waals surface area contributed by atoms with E-state index in [2.05, 4.69) is 15.2 Å². The van der Waals surface area contributed by atoms with Gasteiger partial charge in [0.25, 0.3) is 5.91 Å². The molecule has 1 aromatic heterocycles. The lowest BCUT2D eigenvalue weighted by atomic mass is 10.2. The molecule has 0 unspecified atom stereocenters. The maximum Gasteiger partial charge on any atom is 0.387 e. The van der Waals surface area contributed by atoms with Gasteiger partial charge in [0.15, 0.2) is 11.5 Å². The highest BCUT2D eigenvalue weighted by molar-refractivity contribution is 6.04. The van der Waals surface area contributed by atoms with Crippen molar-refractivity contribution in [1.29, 1.82) is 0 Å². The van der Waals surface area contributed by atoms with Crippen molar-refractivity contribution in [2.45, 2.75) is 27.1 Å². The molecule has 0 bridgehead atoms. The van der Waals surface area contributed by atoms with Crippen LogP contribution in [-0.2, 0) is 6.61 Å². The zero-order chi connectivity index (χ0) is 21.7. The zero-order valence-electron chi connectivity index (χ0n) is 16.6. The highest BCUT2D eigenvalue weighted by Crippen LogP contribution is 2.31. The molecule has 0 fully saturated rings. The minimum atomic E-state index is -3.02. The van der Waals surface area contributed by atoms with Crippen molar-refractivity contribution in [3.8, 4) is 17.2 Å². The molecule has 0 radical (unpaired) electrons. The third-order valence-corrected chi connectivity index (χ3v) is 4.30. The number of amides is 1. The number of ether oxygens (including phenoxy) is 3. The summed E-state index contributed by atoms with van der Waals surface area (Å²) in [6.45, 7) is 0.846. The fourth-order valence-electron chi connectivity index (χ4n) is 2.74. The van der Waals surface area contributed by atoms with E-state index in [0.717, 1.165) is 11.3 Å².